The Balaban J connectivity index is 1.89. The molecule has 3 rings (SSSR count). The van der Waals surface area contributed by atoms with Crippen LogP contribution in [0.2, 0.25) is 5.15 Å². The minimum Gasteiger partial charge on any atom is -0.311 e. The first-order valence-corrected chi connectivity index (χ1v) is 5.58. The maximum Gasteiger partial charge on any atom is 0.129 e. The minimum absolute atomic E-state index is 0.616. The highest BCUT2D eigenvalue weighted by molar-refractivity contribution is 6.29. The van der Waals surface area contributed by atoms with E-state index in [1.807, 2.05) is 12.3 Å². The van der Waals surface area contributed by atoms with Crippen LogP contribution in [0, 0.1) is 0 Å². The fourth-order valence-electron chi connectivity index (χ4n) is 2.84. The number of nitrogens with one attached hydrogen (secondary N) is 1. The van der Waals surface area contributed by atoms with Gasteiger partial charge in [-0.25, -0.2) is 4.98 Å². The zero-order chi connectivity index (χ0) is 9.54. The summed E-state index contributed by atoms with van der Waals surface area (Å²) in [5, 5.41) is 4.25. The first-order chi connectivity index (χ1) is 6.83. The van der Waals surface area contributed by atoms with Crippen LogP contribution in [-0.4, -0.2) is 17.1 Å². The van der Waals surface area contributed by atoms with Gasteiger partial charge in [-0.3, -0.25) is 0 Å². The Morgan fingerprint density at radius 2 is 2.36 bits per heavy atom. The van der Waals surface area contributed by atoms with Crippen molar-refractivity contribution in [3.05, 3.63) is 29.0 Å². The number of hydrogen-bond acceptors (Lipinski definition) is 2. The van der Waals surface area contributed by atoms with Crippen LogP contribution in [0.15, 0.2) is 18.3 Å². The summed E-state index contributed by atoms with van der Waals surface area (Å²) in [7, 11) is 0. The average molecular weight is 209 g/mol. The summed E-state index contributed by atoms with van der Waals surface area (Å²) in [6.07, 6.45) is 5.74. The summed E-state index contributed by atoms with van der Waals surface area (Å²) < 4.78 is 0. The molecule has 0 radical (unpaired) electrons. The van der Waals surface area contributed by atoms with Gasteiger partial charge in [0.05, 0.1) is 0 Å². The normalized spacial score (nSPS) is 35.1. The predicted molar refractivity (Wildman–Crippen MR) is 56.6 cm³/mol. The largest absolute Gasteiger partial charge is 0.311 e. The van der Waals surface area contributed by atoms with Crippen LogP contribution in [0.4, 0.5) is 0 Å². The highest BCUT2D eigenvalue weighted by atomic mass is 35.5. The Morgan fingerprint density at radius 3 is 3.00 bits per heavy atom. The molecular weight excluding hydrogens is 196 g/mol. The van der Waals surface area contributed by atoms with Gasteiger partial charge in [-0.15, -0.1) is 0 Å². The molecule has 1 aromatic heterocycles. The summed E-state index contributed by atoms with van der Waals surface area (Å²) in [6.45, 7) is 0. The van der Waals surface area contributed by atoms with Gasteiger partial charge in [0.2, 0.25) is 0 Å². The monoisotopic (exact) mass is 208 g/mol. The summed E-state index contributed by atoms with van der Waals surface area (Å²) in [4.78, 5) is 4.02. The van der Waals surface area contributed by atoms with E-state index in [1.165, 1.54) is 24.8 Å². The third-order valence-corrected chi connectivity index (χ3v) is 3.69. The van der Waals surface area contributed by atoms with Crippen LogP contribution < -0.4 is 5.32 Å². The molecule has 3 heteroatoms. The molecule has 2 nitrogen and oxygen atoms in total. The van der Waals surface area contributed by atoms with Gasteiger partial charge < -0.3 is 5.32 Å². The van der Waals surface area contributed by atoms with E-state index in [0.29, 0.717) is 17.1 Å². The lowest BCUT2D eigenvalue weighted by molar-refractivity contribution is 0.506. The van der Waals surface area contributed by atoms with Crippen LogP contribution in [0.3, 0.4) is 0 Å². The average Bonchev–Trinajstić information content (AvgIpc) is 2.78. The van der Waals surface area contributed by atoms with Crippen molar-refractivity contribution < 1.29 is 0 Å². The second kappa shape index (κ2) is 3.21. The Kier molecular flexibility index (Phi) is 1.99. The second-order valence-electron chi connectivity index (χ2n) is 4.30. The number of rotatable bonds is 1. The zero-order valence-corrected chi connectivity index (χ0v) is 8.67. The number of pyridine rings is 1. The fraction of sp³-hybridized carbons (Fsp3) is 0.545. The molecule has 2 bridgehead atoms. The molecule has 1 aromatic rings. The van der Waals surface area contributed by atoms with Crippen LogP contribution in [-0.2, 0) is 0 Å². The maximum atomic E-state index is 5.89. The molecule has 0 aromatic carbocycles. The zero-order valence-electron chi connectivity index (χ0n) is 7.91. The third-order valence-electron chi connectivity index (χ3n) is 3.48. The molecule has 2 fully saturated rings. The molecule has 2 aliphatic rings. The van der Waals surface area contributed by atoms with Gasteiger partial charge in [0.15, 0.2) is 0 Å². The van der Waals surface area contributed by atoms with Crippen LogP contribution in [0.25, 0.3) is 0 Å². The van der Waals surface area contributed by atoms with E-state index in [2.05, 4.69) is 16.4 Å². The van der Waals surface area contributed by atoms with Crippen LogP contribution >= 0.6 is 11.6 Å². The van der Waals surface area contributed by atoms with Crippen molar-refractivity contribution in [1.29, 1.82) is 0 Å². The van der Waals surface area contributed by atoms with E-state index in [1.54, 1.807) is 0 Å². The maximum absolute atomic E-state index is 5.89. The third kappa shape index (κ3) is 1.33. The Morgan fingerprint density at radius 1 is 1.43 bits per heavy atom. The van der Waals surface area contributed by atoms with Crippen LogP contribution in [0.5, 0.6) is 0 Å². The molecule has 2 saturated heterocycles. The van der Waals surface area contributed by atoms with Crippen molar-refractivity contribution in [2.45, 2.75) is 37.3 Å². The van der Waals surface area contributed by atoms with Gasteiger partial charge in [-0.05, 0) is 37.0 Å². The van der Waals surface area contributed by atoms with Gasteiger partial charge in [-0.2, -0.15) is 0 Å². The SMILES string of the molecule is Clc1cc(C2CC3CCC2N3)ccn1. The standard InChI is InChI=1S/C11H13ClN2/c12-11-5-7(3-4-13-11)9-6-8-1-2-10(9)14-8/h3-5,8-10,14H,1-2,6H2. The van der Waals surface area contributed by atoms with Crippen molar-refractivity contribution >= 4 is 11.6 Å². The fourth-order valence-corrected chi connectivity index (χ4v) is 3.02. The Bertz CT molecular complexity index is 353. The molecule has 14 heavy (non-hydrogen) atoms. The molecular formula is C11H13ClN2. The first-order valence-electron chi connectivity index (χ1n) is 5.20. The predicted octanol–water partition coefficient (Wildman–Crippen LogP) is 2.34. The number of nitrogens with zero attached hydrogens (tertiary/aromatic N) is 1. The van der Waals surface area contributed by atoms with E-state index in [-0.39, 0.29) is 0 Å². The summed E-state index contributed by atoms with van der Waals surface area (Å²) in [5.74, 6) is 0.661. The second-order valence-corrected chi connectivity index (χ2v) is 4.69. The highest BCUT2D eigenvalue weighted by Gasteiger charge is 2.39. The highest BCUT2D eigenvalue weighted by Crippen LogP contribution is 2.39. The van der Waals surface area contributed by atoms with Crippen molar-refractivity contribution in [2.24, 2.45) is 0 Å². The number of aromatic nitrogens is 1. The van der Waals surface area contributed by atoms with E-state index in [9.17, 15) is 0 Å². The van der Waals surface area contributed by atoms with E-state index < -0.39 is 0 Å². The smallest absolute Gasteiger partial charge is 0.129 e. The van der Waals surface area contributed by atoms with Gasteiger partial charge >= 0.3 is 0 Å². The summed E-state index contributed by atoms with van der Waals surface area (Å²) in [5.41, 5.74) is 1.35. The van der Waals surface area contributed by atoms with Crippen molar-refractivity contribution in [2.75, 3.05) is 0 Å². The number of halogens is 1. The van der Waals surface area contributed by atoms with Gasteiger partial charge in [0.25, 0.3) is 0 Å². The molecule has 0 amide bonds. The Hall–Kier alpha value is -0.600. The molecule has 1 N–H and O–H groups in total. The van der Waals surface area contributed by atoms with Crippen molar-refractivity contribution in [3.63, 3.8) is 0 Å². The Labute approximate surface area is 88.7 Å². The molecule has 3 heterocycles. The molecule has 74 valence electrons. The van der Waals surface area contributed by atoms with Crippen molar-refractivity contribution in [1.82, 2.24) is 10.3 Å². The molecule has 0 spiro atoms. The quantitative estimate of drug-likeness (QED) is 0.717. The lowest BCUT2D eigenvalue weighted by atomic mass is 9.84. The lowest BCUT2D eigenvalue weighted by Crippen LogP contribution is -2.21. The molecule has 0 aliphatic carbocycles. The van der Waals surface area contributed by atoms with Gasteiger partial charge in [0.1, 0.15) is 5.15 Å². The molecule has 2 aliphatic heterocycles. The topological polar surface area (TPSA) is 24.9 Å². The lowest BCUT2D eigenvalue weighted by Gasteiger charge is -2.20. The molecule has 3 unspecified atom stereocenters. The minimum atomic E-state index is 0.616. The van der Waals surface area contributed by atoms with E-state index in [4.69, 9.17) is 11.6 Å². The van der Waals surface area contributed by atoms with E-state index >= 15 is 0 Å². The summed E-state index contributed by atoms with van der Waals surface area (Å²) in [6, 6.07) is 5.53. The van der Waals surface area contributed by atoms with E-state index in [0.717, 1.165) is 6.04 Å². The molecule has 0 saturated carbocycles. The van der Waals surface area contributed by atoms with Gasteiger partial charge in [-0.1, -0.05) is 11.6 Å². The molecule has 3 atom stereocenters. The first kappa shape index (κ1) is 8.69. The number of hydrogen-bond donors (Lipinski definition) is 1. The van der Waals surface area contributed by atoms with Gasteiger partial charge in [0, 0.05) is 24.2 Å². The van der Waals surface area contributed by atoms with Crippen molar-refractivity contribution in [3.8, 4) is 0 Å². The van der Waals surface area contributed by atoms with Crippen LogP contribution in [0.1, 0.15) is 30.7 Å². The summed E-state index contributed by atoms with van der Waals surface area (Å²) >= 11 is 5.89. The number of fused-ring (bicyclic) bond motifs is 2.